The van der Waals surface area contributed by atoms with E-state index in [2.05, 4.69) is 32.9 Å². The Morgan fingerprint density at radius 2 is 1.93 bits per heavy atom. The van der Waals surface area contributed by atoms with Crippen LogP contribution in [0, 0.1) is 17.8 Å². The van der Waals surface area contributed by atoms with Crippen LogP contribution in [0.25, 0.3) is 0 Å². The predicted octanol–water partition coefficient (Wildman–Crippen LogP) is 6.71. The monoisotopic (exact) mass is 662 g/mol. The van der Waals surface area contributed by atoms with Crippen molar-refractivity contribution in [1.82, 2.24) is 4.72 Å². The molecule has 1 amide bonds. The van der Waals surface area contributed by atoms with Gasteiger partial charge in [-0.25, -0.2) is 4.21 Å². The second-order valence-corrected chi connectivity index (χ2v) is 15.7. The molecule has 2 bridgehead atoms. The molecular formula is C34H47ClN2O5S2. The van der Waals surface area contributed by atoms with Crippen LogP contribution in [-0.4, -0.2) is 59.6 Å². The summed E-state index contributed by atoms with van der Waals surface area (Å²) < 4.78 is 26.9. The summed E-state index contributed by atoms with van der Waals surface area (Å²) in [5, 5.41) is 11.8. The Balaban J connectivity index is 0.000000906. The number of anilines is 1. The molecule has 44 heavy (non-hydrogen) atoms. The van der Waals surface area contributed by atoms with E-state index < -0.39 is 11.0 Å². The highest BCUT2D eigenvalue weighted by atomic mass is 35.5. The number of ether oxygens (including phenoxy) is 1. The number of halogens is 1. The minimum Gasteiger partial charge on any atom is -0.490 e. The van der Waals surface area contributed by atoms with Gasteiger partial charge in [-0.2, -0.15) is 0 Å². The first kappa shape index (κ1) is 33.6. The molecule has 1 spiro atoms. The summed E-state index contributed by atoms with van der Waals surface area (Å²) in [5.74, 6) is 1.30. The highest BCUT2D eigenvalue weighted by Crippen LogP contribution is 2.47. The summed E-state index contributed by atoms with van der Waals surface area (Å²) in [7, 11) is 0.147. The van der Waals surface area contributed by atoms with Crippen LogP contribution in [0.1, 0.15) is 80.3 Å². The number of nitrogens with one attached hydrogen (secondary N) is 1. The zero-order chi connectivity index (χ0) is 31.4. The van der Waals surface area contributed by atoms with Crippen LogP contribution in [0.3, 0.4) is 0 Å². The maximum atomic E-state index is 13.3. The van der Waals surface area contributed by atoms with Crippen molar-refractivity contribution >= 4 is 46.2 Å². The number of carbonyl (C=O) groups is 1. The molecule has 0 radical (unpaired) electrons. The van der Waals surface area contributed by atoms with Crippen LogP contribution in [-0.2, 0) is 27.0 Å². The number of aryl methyl sites for hydroxylation is 1. The van der Waals surface area contributed by atoms with Gasteiger partial charge in [0.15, 0.2) is 0 Å². The first-order chi connectivity index (χ1) is 21.2. The molecule has 1 fully saturated rings. The molecule has 0 saturated heterocycles. The lowest BCUT2D eigenvalue weighted by Crippen LogP contribution is -2.49. The minimum atomic E-state index is -1.50. The van der Waals surface area contributed by atoms with E-state index in [1.54, 1.807) is 13.2 Å². The van der Waals surface area contributed by atoms with E-state index in [1.165, 1.54) is 23.2 Å². The highest BCUT2D eigenvalue weighted by molar-refractivity contribution is 7.93. The molecular weight excluding hydrogens is 616 g/mol. The van der Waals surface area contributed by atoms with Crippen LogP contribution in [0.4, 0.5) is 5.69 Å². The minimum absolute atomic E-state index is 0.175. The fourth-order valence-electron chi connectivity index (χ4n) is 7.42. The Bertz CT molecular complexity index is 1340. The molecule has 7 nitrogen and oxygen atoms in total. The number of amides is 1. The standard InChI is InChI=1S/C32H41ClN2O4S.C2H6OS/c1-20-5-3-7-29(36)26-11-8-24(26)17-35-18-32(14-4-6-22-15-25(33)10-12-27(22)32)19-39-30-13-9-23(16-28(30)35)31(37)34-40(38)21(20)2;1-3-4-2/h9-10,12-13,15-16,20-21,24,26,29,36H,3-8,11,14,17-19H2,1-2H3,(H,34,37);1-2H3/t20?,21?,24?,26?,29?,32-,40?;/m0./s1. The molecule has 2 aliphatic carbocycles. The van der Waals surface area contributed by atoms with E-state index in [0.717, 1.165) is 80.9 Å². The largest absolute Gasteiger partial charge is 0.490 e. The number of hydrogen-bond donors (Lipinski definition) is 2. The Morgan fingerprint density at radius 1 is 1.14 bits per heavy atom. The number of aliphatic hydroxyl groups is 1. The van der Waals surface area contributed by atoms with E-state index in [4.69, 9.17) is 16.3 Å². The number of aliphatic hydroxyl groups excluding tert-OH is 1. The number of benzene rings is 2. The Morgan fingerprint density at radius 3 is 2.66 bits per heavy atom. The van der Waals surface area contributed by atoms with Gasteiger partial charge in [0.1, 0.15) is 16.7 Å². The Kier molecular flexibility index (Phi) is 11.3. The zero-order valence-electron chi connectivity index (χ0n) is 26.4. The quantitative estimate of drug-likeness (QED) is 0.328. The lowest BCUT2D eigenvalue weighted by Gasteiger charge is -2.46. The summed E-state index contributed by atoms with van der Waals surface area (Å²) in [6, 6.07) is 11.9. The van der Waals surface area contributed by atoms with Crippen LogP contribution in [0.5, 0.6) is 5.75 Å². The van der Waals surface area contributed by atoms with Crippen LogP contribution < -0.4 is 14.4 Å². The van der Waals surface area contributed by atoms with Crippen molar-refractivity contribution in [2.75, 3.05) is 38.0 Å². The molecule has 1 saturated carbocycles. The molecule has 2 N–H and O–H groups in total. The van der Waals surface area contributed by atoms with E-state index in [9.17, 15) is 14.1 Å². The van der Waals surface area contributed by atoms with Gasteiger partial charge < -0.3 is 18.9 Å². The van der Waals surface area contributed by atoms with E-state index >= 15 is 0 Å². The first-order valence-electron chi connectivity index (χ1n) is 15.9. The SMILES string of the molecule is CC1CCCC(O)C2CCC2CN2C[C@@]3(CCCc4cc(Cl)ccc43)COc3ccc(cc32)C(=O)NS(=O)C1C.COSC. The molecule has 242 valence electrons. The Labute approximate surface area is 274 Å². The van der Waals surface area contributed by atoms with Crippen molar-refractivity contribution in [3.05, 3.63) is 58.1 Å². The third-order valence-corrected chi connectivity index (χ3v) is 12.5. The van der Waals surface area contributed by atoms with Gasteiger partial charge in [0.2, 0.25) is 0 Å². The van der Waals surface area contributed by atoms with Crippen molar-refractivity contribution in [3.8, 4) is 5.75 Å². The van der Waals surface area contributed by atoms with Gasteiger partial charge in [0.05, 0.1) is 30.8 Å². The molecule has 4 aliphatic rings. The van der Waals surface area contributed by atoms with Crippen LogP contribution in [0.2, 0.25) is 5.02 Å². The second-order valence-electron chi connectivity index (χ2n) is 13.0. The molecule has 2 aromatic rings. The van der Waals surface area contributed by atoms with Gasteiger partial charge in [-0.1, -0.05) is 31.0 Å². The van der Waals surface area contributed by atoms with Crippen LogP contribution in [0.15, 0.2) is 36.4 Å². The van der Waals surface area contributed by atoms with E-state index in [-0.39, 0.29) is 34.5 Å². The molecule has 2 aromatic carbocycles. The molecule has 7 atom stereocenters. The maximum Gasteiger partial charge on any atom is 0.263 e. The molecule has 0 aromatic heterocycles. The summed E-state index contributed by atoms with van der Waals surface area (Å²) in [6.45, 7) is 6.17. The molecule has 10 heteroatoms. The van der Waals surface area contributed by atoms with Crippen molar-refractivity contribution in [2.45, 2.75) is 82.0 Å². The van der Waals surface area contributed by atoms with Gasteiger partial charge >= 0.3 is 0 Å². The predicted molar refractivity (Wildman–Crippen MR) is 181 cm³/mol. The fraction of sp³-hybridized carbons (Fsp3) is 0.618. The lowest BCUT2D eigenvalue weighted by atomic mass is 9.68. The van der Waals surface area contributed by atoms with Gasteiger partial charge in [-0.05, 0) is 123 Å². The lowest BCUT2D eigenvalue weighted by molar-refractivity contribution is 0.00857. The smallest absolute Gasteiger partial charge is 0.263 e. The van der Waals surface area contributed by atoms with E-state index in [0.29, 0.717) is 18.1 Å². The third kappa shape index (κ3) is 7.27. The number of hydrogen-bond acceptors (Lipinski definition) is 7. The maximum absolute atomic E-state index is 13.3. The molecule has 6 rings (SSSR count). The number of nitrogens with zero attached hydrogens (tertiary/aromatic N) is 1. The fourth-order valence-corrected chi connectivity index (χ4v) is 8.66. The van der Waals surface area contributed by atoms with Crippen molar-refractivity contribution in [2.24, 2.45) is 17.8 Å². The van der Waals surface area contributed by atoms with E-state index in [1.807, 2.05) is 31.4 Å². The van der Waals surface area contributed by atoms with Crippen molar-refractivity contribution < 1.29 is 23.0 Å². The summed E-state index contributed by atoms with van der Waals surface area (Å²) in [5.41, 5.74) is 3.82. The van der Waals surface area contributed by atoms with Crippen molar-refractivity contribution in [1.29, 1.82) is 0 Å². The van der Waals surface area contributed by atoms with Crippen molar-refractivity contribution in [3.63, 3.8) is 0 Å². The average molecular weight is 663 g/mol. The molecule has 6 unspecified atom stereocenters. The van der Waals surface area contributed by atoms with Gasteiger partial charge in [0, 0.05) is 35.3 Å². The van der Waals surface area contributed by atoms with Gasteiger partial charge in [-0.3, -0.25) is 9.52 Å². The van der Waals surface area contributed by atoms with Gasteiger partial charge in [-0.15, -0.1) is 0 Å². The number of fused-ring (bicyclic) bond motifs is 4. The molecule has 2 aliphatic heterocycles. The zero-order valence-corrected chi connectivity index (χ0v) is 28.7. The number of carbonyl (C=O) groups excluding carboxylic acids is 1. The molecule has 2 heterocycles. The third-order valence-electron chi connectivity index (χ3n) is 10.4. The average Bonchev–Trinajstić information content (AvgIpc) is 3.15. The highest BCUT2D eigenvalue weighted by Gasteiger charge is 2.44. The van der Waals surface area contributed by atoms with Gasteiger partial charge in [0.25, 0.3) is 5.91 Å². The second kappa shape index (κ2) is 14.8. The Hall–Kier alpha value is -1.78. The summed E-state index contributed by atoms with van der Waals surface area (Å²) in [4.78, 5) is 15.7. The number of rotatable bonds is 1. The van der Waals surface area contributed by atoms with Crippen LogP contribution >= 0.6 is 23.6 Å². The first-order valence-corrected chi connectivity index (χ1v) is 18.7. The topological polar surface area (TPSA) is 88.1 Å². The summed E-state index contributed by atoms with van der Waals surface area (Å²) in [6.07, 6.45) is 9.34. The normalized spacial score (nSPS) is 32.0. The summed E-state index contributed by atoms with van der Waals surface area (Å²) >= 11 is 7.75.